The fourth-order valence-corrected chi connectivity index (χ4v) is 2.97. The van der Waals surface area contributed by atoms with E-state index < -0.39 is 11.5 Å². The van der Waals surface area contributed by atoms with Gasteiger partial charge in [0.05, 0.1) is 0 Å². The summed E-state index contributed by atoms with van der Waals surface area (Å²) in [4.78, 5) is 24.9. The molecular formula is C18H17N5O5. The zero-order valence-electron chi connectivity index (χ0n) is 15.0. The first kappa shape index (κ1) is 17.9. The first-order valence-electron chi connectivity index (χ1n) is 8.69. The van der Waals surface area contributed by atoms with Crippen molar-refractivity contribution in [2.24, 2.45) is 0 Å². The van der Waals surface area contributed by atoms with Gasteiger partial charge in [-0.05, 0) is 60.9 Å². The van der Waals surface area contributed by atoms with E-state index >= 15 is 0 Å². The van der Waals surface area contributed by atoms with E-state index in [1.54, 1.807) is 37.3 Å². The Balaban J connectivity index is 1.48. The molecule has 144 valence electrons. The molecule has 3 aromatic rings. The van der Waals surface area contributed by atoms with Gasteiger partial charge in [0.2, 0.25) is 0 Å². The smallest absolute Gasteiger partial charge is 0.361 e. The second kappa shape index (κ2) is 7.61. The number of aromatic amines is 1. The van der Waals surface area contributed by atoms with Crippen molar-refractivity contribution in [1.82, 2.24) is 20.6 Å². The number of amides is 1. The number of ether oxygens (including phenoxy) is 2. The Kier molecular flexibility index (Phi) is 4.85. The Hall–Kier alpha value is -3.53. The van der Waals surface area contributed by atoms with Crippen LogP contribution in [0.2, 0.25) is 0 Å². The lowest BCUT2D eigenvalue weighted by molar-refractivity contribution is 0.0895. The summed E-state index contributed by atoms with van der Waals surface area (Å²) in [5, 5.41) is 15.7. The third-order valence-corrected chi connectivity index (χ3v) is 4.29. The van der Waals surface area contributed by atoms with E-state index in [1.807, 2.05) is 0 Å². The number of hydrogen-bond acceptors (Lipinski definition) is 8. The van der Waals surface area contributed by atoms with Crippen LogP contribution in [-0.4, -0.2) is 33.1 Å². The van der Waals surface area contributed by atoms with E-state index in [-0.39, 0.29) is 17.7 Å². The monoisotopic (exact) mass is 383 g/mol. The summed E-state index contributed by atoms with van der Waals surface area (Å²) in [6, 6.07) is 8.28. The molecule has 1 aliphatic rings. The van der Waals surface area contributed by atoms with E-state index in [4.69, 9.17) is 13.9 Å². The van der Waals surface area contributed by atoms with Crippen LogP contribution >= 0.6 is 0 Å². The van der Waals surface area contributed by atoms with Crippen LogP contribution in [0, 0.1) is 6.92 Å². The lowest BCUT2D eigenvalue weighted by atomic mass is 10.1. The Morgan fingerprint density at radius 2 is 2.14 bits per heavy atom. The quantitative estimate of drug-likeness (QED) is 0.686. The van der Waals surface area contributed by atoms with Crippen molar-refractivity contribution in [3.8, 4) is 11.8 Å². The lowest BCUT2D eigenvalue weighted by Gasteiger charge is -2.11. The number of benzene rings is 1. The molecule has 0 bridgehead atoms. The largest absolute Gasteiger partial charge is 0.424 e. The number of H-pyrrole nitrogens is 1. The number of hydrogen-bond donors (Lipinski definition) is 2. The summed E-state index contributed by atoms with van der Waals surface area (Å²) in [5.74, 6) is 0.382. The predicted octanol–water partition coefficient (Wildman–Crippen LogP) is 2.36. The molecule has 1 atom stereocenters. The summed E-state index contributed by atoms with van der Waals surface area (Å²) >= 11 is 0. The average molecular weight is 383 g/mol. The SMILES string of the molecule is Cc1cc(C2CCCO2)oc(=O)c1C(=O)Nc1ccc(Oc2nn[nH]n2)cc1. The third kappa shape index (κ3) is 3.76. The molecule has 1 amide bonds. The van der Waals surface area contributed by atoms with Gasteiger partial charge in [-0.1, -0.05) is 10.2 Å². The Bertz CT molecular complexity index is 1020. The van der Waals surface area contributed by atoms with Gasteiger partial charge >= 0.3 is 11.6 Å². The molecule has 0 spiro atoms. The van der Waals surface area contributed by atoms with Crippen molar-refractivity contribution in [3.63, 3.8) is 0 Å². The number of carbonyl (C=O) groups excluding carboxylic acids is 1. The molecule has 0 aliphatic carbocycles. The number of nitrogens with one attached hydrogen (secondary N) is 2. The highest BCUT2D eigenvalue weighted by molar-refractivity contribution is 6.04. The standard InChI is InChI=1S/C18H17N5O5/c1-10-9-14(13-3-2-8-26-13)28-17(25)15(10)16(24)19-11-4-6-12(7-5-11)27-18-20-22-23-21-18/h4-7,9,13H,2-3,8H2,1H3,(H,19,24)(H,20,21,22,23). The minimum Gasteiger partial charge on any atom is -0.424 e. The van der Waals surface area contributed by atoms with Gasteiger partial charge in [0.25, 0.3) is 5.91 Å². The number of tetrazole rings is 1. The lowest BCUT2D eigenvalue weighted by Crippen LogP contribution is -2.23. The molecular weight excluding hydrogens is 366 g/mol. The van der Waals surface area contributed by atoms with Crippen LogP contribution in [0.1, 0.15) is 40.6 Å². The van der Waals surface area contributed by atoms with Crippen molar-refractivity contribution in [1.29, 1.82) is 0 Å². The summed E-state index contributed by atoms with van der Waals surface area (Å²) in [6.07, 6.45) is 1.49. The van der Waals surface area contributed by atoms with E-state index in [1.165, 1.54) is 0 Å². The molecule has 0 saturated carbocycles. The second-order valence-electron chi connectivity index (χ2n) is 6.27. The molecule has 3 heterocycles. The maximum Gasteiger partial charge on any atom is 0.361 e. The van der Waals surface area contributed by atoms with Crippen molar-refractivity contribution >= 4 is 11.6 Å². The summed E-state index contributed by atoms with van der Waals surface area (Å²) in [5.41, 5.74) is 0.317. The zero-order chi connectivity index (χ0) is 19.5. The van der Waals surface area contributed by atoms with Crippen LogP contribution < -0.4 is 15.7 Å². The topological polar surface area (TPSA) is 132 Å². The summed E-state index contributed by atoms with van der Waals surface area (Å²) in [6.45, 7) is 2.34. The molecule has 1 saturated heterocycles. The van der Waals surface area contributed by atoms with Crippen LogP contribution in [-0.2, 0) is 4.74 Å². The van der Waals surface area contributed by atoms with Gasteiger partial charge in [-0.2, -0.15) is 5.21 Å². The van der Waals surface area contributed by atoms with Crippen molar-refractivity contribution < 1.29 is 18.7 Å². The van der Waals surface area contributed by atoms with Crippen molar-refractivity contribution in [2.45, 2.75) is 25.9 Å². The molecule has 10 heteroatoms. The van der Waals surface area contributed by atoms with Gasteiger partial charge in [0.1, 0.15) is 23.2 Å². The van der Waals surface area contributed by atoms with Gasteiger partial charge in [0, 0.05) is 12.3 Å². The minimum atomic E-state index is -0.680. The normalized spacial score (nSPS) is 16.1. The molecule has 1 fully saturated rings. The fraction of sp³-hybridized carbons (Fsp3) is 0.278. The second-order valence-corrected chi connectivity index (χ2v) is 6.27. The van der Waals surface area contributed by atoms with E-state index in [0.717, 1.165) is 12.8 Å². The Labute approximate surface area is 158 Å². The number of rotatable bonds is 5. The molecule has 0 radical (unpaired) electrons. The predicted molar refractivity (Wildman–Crippen MR) is 96.3 cm³/mol. The molecule has 1 unspecified atom stereocenters. The van der Waals surface area contributed by atoms with Gasteiger partial charge in [-0.25, -0.2) is 4.79 Å². The molecule has 1 aliphatic heterocycles. The van der Waals surface area contributed by atoms with E-state index in [0.29, 0.717) is 29.4 Å². The van der Waals surface area contributed by atoms with Crippen molar-refractivity contribution in [2.75, 3.05) is 11.9 Å². The number of aryl methyl sites for hydroxylation is 1. The molecule has 10 nitrogen and oxygen atoms in total. The number of carbonyl (C=O) groups is 1. The van der Waals surface area contributed by atoms with Crippen LogP contribution in [0.4, 0.5) is 5.69 Å². The van der Waals surface area contributed by atoms with Crippen LogP contribution in [0.5, 0.6) is 11.8 Å². The highest BCUT2D eigenvalue weighted by Gasteiger charge is 2.24. The van der Waals surface area contributed by atoms with Gasteiger partial charge in [0.15, 0.2) is 0 Å². The first-order valence-corrected chi connectivity index (χ1v) is 8.69. The third-order valence-electron chi connectivity index (χ3n) is 4.29. The average Bonchev–Trinajstić information content (AvgIpc) is 3.36. The zero-order valence-corrected chi connectivity index (χ0v) is 15.0. The molecule has 28 heavy (non-hydrogen) atoms. The number of anilines is 1. The number of aromatic nitrogens is 4. The van der Waals surface area contributed by atoms with Gasteiger partial charge in [-0.3, -0.25) is 4.79 Å². The minimum absolute atomic E-state index is 0.0335. The fourth-order valence-electron chi connectivity index (χ4n) is 2.97. The number of nitrogens with zero attached hydrogens (tertiary/aromatic N) is 3. The maximum atomic E-state index is 12.6. The van der Waals surface area contributed by atoms with Crippen LogP contribution in [0.3, 0.4) is 0 Å². The molecule has 1 aromatic carbocycles. The van der Waals surface area contributed by atoms with Gasteiger partial charge in [-0.15, -0.1) is 0 Å². The molecule has 2 N–H and O–H groups in total. The van der Waals surface area contributed by atoms with Crippen LogP contribution in [0.15, 0.2) is 39.5 Å². The molecule has 2 aromatic heterocycles. The van der Waals surface area contributed by atoms with Gasteiger partial charge < -0.3 is 19.2 Å². The summed E-state index contributed by atoms with van der Waals surface area (Å²) < 4.78 is 16.2. The van der Waals surface area contributed by atoms with Crippen molar-refractivity contribution in [3.05, 3.63) is 57.6 Å². The highest BCUT2D eigenvalue weighted by Crippen LogP contribution is 2.28. The van der Waals surface area contributed by atoms with E-state index in [9.17, 15) is 9.59 Å². The van der Waals surface area contributed by atoms with Crippen LogP contribution in [0.25, 0.3) is 0 Å². The Morgan fingerprint density at radius 1 is 1.32 bits per heavy atom. The highest BCUT2D eigenvalue weighted by atomic mass is 16.5. The molecule has 4 rings (SSSR count). The first-order chi connectivity index (χ1) is 13.6. The maximum absolute atomic E-state index is 12.6. The van der Waals surface area contributed by atoms with E-state index in [2.05, 4.69) is 25.9 Å². The summed E-state index contributed by atoms with van der Waals surface area (Å²) in [7, 11) is 0. The Morgan fingerprint density at radius 3 is 2.79 bits per heavy atom.